The third-order valence-electron chi connectivity index (χ3n) is 2.23. The standard InChI is InChI=1S/C12H24S6.3H2O4S/c1-2-14-5-6-16-9-10-18-12-11-17-8-7-15-4-3-13-1;3*1-5(2,3)4/h1-12H2;3*(H2,1,2,3,4). The van der Waals surface area contributed by atoms with Crippen LogP contribution >= 0.6 is 70.6 Å². The van der Waals surface area contributed by atoms with Gasteiger partial charge in [0.25, 0.3) is 0 Å². The Kier molecular flexibility index (Phi) is 30.1. The number of thioether (sulfide) groups is 6. The minimum Gasteiger partial charge on any atom is -0.264 e. The van der Waals surface area contributed by atoms with Gasteiger partial charge < -0.3 is 0 Å². The second kappa shape index (κ2) is 25.4. The van der Waals surface area contributed by atoms with Gasteiger partial charge in [-0.05, 0) is 0 Å². The van der Waals surface area contributed by atoms with E-state index in [9.17, 15) is 0 Å². The highest BCUT2D eigenvalue weighted by atomic mass is 32.3. The van der Waals surface area contributed by atoms with Crippen molar-refractivity contribution < 1.29 is 52.6 Å². The van der Waals surface area contributed by atoms with Crippen molar-refractivity contribution in [1.82, 2.24) is 0 Å². The Morgan fingerprint density at radius 1 is 0.303 bits per heavy atom. The molecule has 1 rings (SSSR count). The lowest BCUT2D eigenvalue weighted by Gasteiger charge is -2.05. The van der Waals surface area contributed by atoms with Gasteiger partial charge in [-0.2, -0.15) is 95.8 Å². The summed E-state index contributed by atoms with van der Waals surface area (Å²) in [5.74, 6) is 16.2. The first-order valence-electron chi connectivity index (χ1n) is 8.56. The van der Waals surface area contributed by atoms with E-state index in [1.54, 1.807) is 0 Å². The first-order valence-corrected chi connectivity index (χ1v) is 19.7. The smallest absolute Gasteiger partial charge is 0.264 e. The zero-order chi connectivity index (χ0) is 26.2. The fourth-order valence-electron chi connectivity index (χ4n) is 1.32. The molecule has 0 saturated carbocycles. The molecule has 0 bridgehead atoms. The Balaban J connectivity index is -0.000000489. The number of rotatable bonds is 0. The molecule has 0 radical (unpaired) electrons. The van der Waals surface area contributed by atoms with Crippen molar-refractivity contribution in [3.05, 3.63) is 0 Å². The maximum atomic E-state index is 8.74. The third-order valence-corrected chi connectivity index (χ3v) is 9.70. The van der Waals surface area contributed by atoms with Crippen LogP contribution in [0.2, 0.25) is 0 Å². The zero-order valence-electron chi connectivity index (χ0n) is 17.3. The summed E-state index contributed by atoms with van der Waals surface area (Å²) in [5, 5.41) is 0. The molecule has 0 amide bonds. The number of hydrogen-bond donors (Lipinski definition) is 6. The van der Waals surface area contributed by atoms with Gasteiger partial charge in [0.15, 0.2) is 0 Å². The zero-order valence-corrected chi connectivity index (χ0v) is 24.6. The molecule has 1 aliphatic rings. The summed E-state index contributed by atoms with van der Waals surface area (Å²) in [5.41, 5.74) is 0. The molecule has 1 heterocycles. The normalized spacial score (nSPS) is 18.4. The van der Waals surface area contributed by atoms with E-state index in [1.807, 2.05) is 0 Å². The molecule has 204 valence electrons. The van der Waals surface area contributed by atoms with E-state index in [4.69, 9.17) is 52.6 Å². The SMILES string of the molecule is C1CSCCSCCSCCSCCSCCS1.O=S(=O)(O)O.O=S(=O)(O)O.O=S(=O)(O)O. The Hall–Kier alpha value is 1.71. The summed E-state index contributed by atoms with van der Waals surface area (Å²) in [7, 11) is -14.0. The van der Waals surface area contributed by atoms with Crippen molar-refractivity contribution in [3.8, 4) is 0 Å². The van der Waals surface area contributed by atoms with E-state index in [2.05, 4.69) is 70.6 Å². The van der Waals surface area contributed by atoms with Crippen LogP contribution in [0.3, 0.4) is 0 Å². The van der Waals surface area contributed by atoms with Gasteiger partial charge in [-0.25, -0.2) is 0 Å². The third kappa shape index (κ3) is 87.3. The van der Waals surface area contributed by atoms with Gasteiger partial charge in [0.05, 0.1) is 0 Å². The average molecular weight is 655 g/mol. The van der Waals surface area contributed by atoms with Gasteiger partial charge >= 0.3 is 31.2 Å². The number of hydrogen-bond acceptors (Lipinski definition) is 12. The molecule has 1 fully saturated rings. The molecule has 21 heteroatoms. The van der Waals surface area contributed by atoms with Crippen LogP contribution in [0.5, 0.6) is 0 Å². The summed E-state index contributed by atoms with van der Waals surface area (Å²) in [6.07, 6.45) is 0. The molecule has 0 atom stereocenters. The molecule has 0 aromatic rings. The molecule has 0 aliphatic carbocycles. The monoisotopic (exact) mass is 654 g/mol. The van der Waals surface area contributed by atoms with Crippen molar-refractivity contribution in [3.63, 3.8) is 0 Å². The van der Waals surface area contributed by atoms with Crippen molar-refractivity contribution >= 4 is 102 Å². The fraction of sp³-hybridized carbons (Fsp3) is 1.00. The maximum absolute atomic E-state index is 8.74. The molecule has 6 N–H and O–H groups in total. The van der Waals surface area contributed by atoms with E-state index >= 15 is 0 Å². The van der Waals surface area contributed by atoms with Crippen LogP contribution in [-0.2, 0) is 31.2 Å². The molecule has 1 saturated heterocycles. The van der Waals surface area contributed by atoms with Crippen molar-refractivity contribution in [2.75, 3.05) is 69.0 Å². The maximum Gasteiger partial charge on any atom is 0.394 e. The van der Waals surface area contributed by atoms with Gasteiger partial charge in [-0.3, -0.25) is 27.3 Å². The van der Waals surface area contributed by atoms with E-state index in [0.717, 1.165) is 0 Å². The largest absolute Gasteiger partial charge is 0.394 e. The van der Waals surface area contributed by atoms with Gasteiger partial charge in [-0.15, -0.1) is 0 Å². The summed E-state index contributed by atoms with van der Waals surface area (Å²) in [4.78, 5) is 0. The van der Waals surface area contributed by atoms with Crippen molar-refractivity contribution in [2.24, 2.45) is 0 Å². The first kappa shape index (κ1) is 39.2. The first-order chi connectivity index (χ1) is 15.0. The molecule has 12 nitrogen and oxygen atoms in total. The molecular weight excluding hydrogens is 625 g/mol. The molecule has 1 aliphatic heterocycles. The predicted molar refractivity (Wildman–Crippen MR) is 146 cm³/mol. The minimum absolute atomic E-state index is 1.35. The summed E-state index contributed by atoms with van der Waals surface area (Å²) >= 11 is 12.8. The van der Waals surface area contributed by atoms with Crippen LogP contribution in [0.15, 0.2) is 0 Å². The second-order valence-corrected chi connectivity index (χ2v) is 15.1. The molecule has 0 aromatic carbocycles. The highest BCUT2D eigenvalue weighted by Crippen LogP contribution is 2.15. The highest BCUT2D eigenvalue weighted by Gasteiger charge is 1.97. The Labute approximate surface area is 221 Å². The predicted octanol–water partition coefficient (Wildman–Crippen LogP) is 2.44. The van der Waals surface area contributed by atoms with Crippen molar-refractivity contribution in [1.29, 1.82) is 0 Å². The van der Waals surface area contributed by atoms with E-state index in [1.165, 1.54) is 69.0 Å². The van der Waals surface area contributed by atoms with Crippen LogP contribution < -0.4 is 0 Å². The van der Waals surface area contributed by atoms with Crippen LogP contribution in [0.4, 0.5) is 0 Å². The second-order valence-electron chi connectivity index (χ2n) is 5.02. The minimum atomic E-state index is -4.67. The Bertz CT molecular complexity index is 557. The molecule has 0 spiro atoms. The Morgan fingerprint density at radius 2 is 0.364 bits per heavy atom. The lowest BCUT2D eigenvalue weighted by molar-refractivity contribution is 0.378. The van der Waals surface area contributed by atoms with Crippen LogP contribution in [0, 0.1) is 0 Å². The topological polar surface area (TPSA) is 224 Å². The molecule has 0 aromatic heterocycles. The van der Waals surface area contributed by atoms with Gasteiger partial charge in [-0.1, -0.05) is 0 Å². The van der Waals surface area contributed by atoms with Crippen LogP contribution in [0.25, 0.3) is 0 Å². The summed E-state index contributed by atoms with van der Waals surface area (Å²) in [6.45, 7) is 0. The van der Waals surface area contributed by atoms with Gasteiger partial charge in [0.1, 0.15) is 0 Å². The van der Waals surface area contributed by atoms with Crippen LogP contribution in [-0.4, -0.2) is 122 Å². The Morgan fingerprint density at radius 3 is 0.424 bits per heavy atom. The quantitative estimate of drug-likeness (QED) is 0.206. The van der Waals surface area contributed by atoms with Gasteiger partial charge in [0, 0.05) is 69.0 Å². The molecular formula is C12H30O12S9. The summed E-state index contributed by atoms with van der Waals surface area (Å²) in [6, 6.07) is 0. The van der Waals surface area contributed by atoms with Gasteiger partial charge in [0.2, 0.25) is 0 Å². The highest BCUT2D eigenvalue weighted by molar-refractivity contribution is 8.07. The van der Waals surface area contributed by atoms with Crippen molar-refractivity contribution in [2.45, 2.75) is 0 Å². The van der Waals surface area contributed by atoms with E-state index < -0.39 is 31.2 Å². The average Bonchev–Trinajstić information content (AvgIpc) is 2.58. The van der Waals surface area contributed by atoms with E-state index in [0.29, 0.717) is 0 Å². The van der Waals surface area contributed by atoms with Crippen LogP contribution in [0.1, 0.15) is 0 Å². The molecule has 33 heavy (non-hydrogen) atoms. The lowest BCUT2D eigenvalue weighted by atomic mass is 10.9. The molecule has 0 unspecified atom stereocenters. The lowest BCUT2D eigenvalue weighted by Crippen LogP contribution is -1.97. The summed E-state index contributed by atoms with van der Waals surface area (Å²) < 4.78 is 94.8. The van der Waals surface area contributed by atoms with E-state index in [-0.39, 0.29) is 0 Å². The fourth-order valence-corrected chi connectivity index (χ4v) is 8.20.